The first-order valence-corrected chi connectivity index (χ1v) is 8.40. The molecule has 2 aromatic heterocycles. The van der Waals surface area contributed by atoms with E-state index in [1.165, 1.54) is 0 Å². The summed E-state index contributed by atoms with van der Waals surface area (Å²) in [5.41, 5.74) is 3.86. The average Bonchev–Trinajstić information content (AvgIpc) is 2.61. The quantitative estimate of drug-likeness (QED) is 0.889. The second-order valence-electron chi connectivity index (χ2n) is 6.40. The highest BCUT2D eigenvalue weighted by Crippen LogP contribution is 2.26. The number of rotatable bonds is 4. The third-order valence-corrected chi connectivity index (χ3v) is 4.70. The Kier molecular flexibility index (Phi) is 5.06. The fourth-order valence-corrected chi connectivity index (χ4v) is 3.24. The van der Waals surface area contributed by atoms with Crippen molar-refractivity contribution in [2.75, 3.05) is 24.6 Å². The maximum atomic E-state index is 9.78. The molecular formula is C18H24N4O2. The molecule has 128 valence electrons. The number of aliphatic hydroxyl groups excluding tert-OH is 2. The van der Waals surface area contributed by atoms with Crippen LogP contribution >= 0.6 is 0 Å². The van der Waals surface area contributed by atoms with Gasteiger partial charge in [-0.2, -0.15) is 0 Å². The van der Waals surface area contributed by atoms with E-state index in [-0.39, 0.29) is 12.5 Å². The summed E-state index contributed by atoms with van der Waals surface area (Å²) in [7, 11) is 0. The van der Waals surface area contributed by atoms with Gasteiger partial charge in [-0.3, -0.25) is 4.98 Å². The van der Waals surface area contributed by atoms with Crippen molar-refractivity contribution in [3.63, 3.8) is 0 Å². The minimum absolute atomic E-state index is 0.151. The van der Waals surface area contributed by atoms with Crippen LogP contribution < -0.4 is 4.90 Å². The van der Waals surface area contributed by atoms with Crippen LogP contribution in [0.4, 0.5) is 5.95 Å². The summed E-state index contributed by atoms with van der Waals surface area (Å²) in [5.74, 6) is 0.863. The van der Waals surface area contributed by atoms with Crippen LogP contribution in [0.1, 0.15) is 24.2 Å². The zero-order valence-corrected chi connectivity index (χ0v) is 14.2. The molecule has 0 aliphatic carbocycles. The predicted octanol–water partition coefficient (Wildman–Crippen LogP) is 1.73. The van der Waals surface area contributed by atoms with Crippen LogP contribution in [0.3, 0.4) is 0 Å². The molecule has 0 saturated carbocycles. The molecule has 0 bridgehead atoms. The van der Waals surface area contributed by atoms with Crippen molar-refractivity contribution < 1.29 is 10.2 Å². The summed E-state index contributed by atoms with van der Waals surface area (Å²) in [6, 6.07) is 5.95. The van der Waals surface area contributed by atoms with E-state index in [0.717, 1.165) is 48.6 Å². The van der Waals surface area contributed by atoms with Crippen molar-refractivity contribution in [3.8, 4) is 11.3 Å². The van der Waals surface area contributed by atoms with E-state index in [1.807, 2.05) is 32.0 Å². The number of pyridine rings is 1. The number of aromatic nitrogens is 3. The van der Waals surface area contributed by atoms with Gasteiger partial charge in [-0.25, -0.2) is 9.97 Å². The van der Waals surface area contributed by atoms with Crippen molar-refractivity contribution >= 4 is 5.95 Å². The van der Waals surface area contributed by atoms with Crippen LogP contribution in [0.5, 0.6) is 0 Å². The zero-order chi connectivity index (χ0) is 17.1. The van der Waals surface area contributed by atoms with E-state index in [0.29, 0.717) is 5.95 Å². The number of anilines is 1. The van der Waals surface area contributed by atoms with E-state index in [4.69, 9.17) is 10.1 Å². The first-order valence-electron chi connectivity index (χ1n) is 8.40. The van der Waals surface area contributed by atoms with Crippen LogP contribution in [0.25, 0.3) is 11.3 Å². The summed E-state index contributed by atoms with van der Waals surface area (Å²) in [6.45, 7) is 5.38. The third-order valence-electron chi connectivity index (χ3n) is 4.70. The molecule has 1 aliphatic heterocycles. The van der Waals surface area contributed by atoms with Gasteiger partial charge in [0, 0.05) is 36.2 Å². The van der Waals surface area contributed by atoms with E-state index in [1.54, 1.807) is 6.20 Å². The molecule has 1 aliphatic rings. The molecule has 3 rings (SSSR count). The summed E-state index contributed by atoms with van der Waals surface area (Å²) in [5, 5.41) is 18.9. The molecule has 3 heterocycles. The van der Waals surface area contributed by atoms with Crippen molar-refractivity contribution in [2.45, 2.75) is 32.8 Å². The number of hydrogen-bond donors (Lipinski definition) is 2. The Morgan fingerprint density at radius 3 is 2.58 bits per heavy atom. The number of aryl methyl sites for hydroxylation is 2. The number of nitrogens with zero attached hydrogens (tertiary/aromatic N) is 4. The van der Waals surface area contributed by atoms with Gasteiger partial charge in [0.25, 0.3) is 0 Å². The lowest BCUT2D eigenvalue weighted by atomic mass is 9.92. The van der Waals surface area contributed by atoms with E-state index < -0.39 is 6.10 Å². The van der Waals surface area contributed by atoms with Gasteiger partial charge in [0.1, 0.15) is 0 Å². The second kappa shape index (κ2) is 7.23. The minimum atomic E-state index is -0.624. The van der Waals surface area contributed by atoms with E-state index in [2.05, 4.69) is 14.9 Å². The highest BCUT2D eigenvalue weighted by atomic mass is 16.3. The van der Waals surface area contributed by atoms with Gasteiger partial charge >= 0.3 is 0 Å². The first kappa shape index (κ1) is 16.8. The van der Waals surface area contributed by atoms with E-state index in [9.17, 15) is 5.11 Å². The zero-order valence-electron chi connectivity index (χ0n) is 14.2. The van der Waals surface area contributed by atoms with E-state index >= 15 is 0 Å². The molecule has 24 heavy (non-hydrogen) atoms. The SMILES string of the molecule is Cc1ccc(-c2ccnc(N3CCC(C(O)CO)CC3)n2)c(C)n1. The molecular weight excluding hydrogens is 304 g/mol. The molecule has 1 saturated heterocycles. The molecule has 1 unspecified atom stereocenters. The van der Waals surface area contributed by atoms with Crippen molar-refractivity contribution in [2.24, 2.45) is 5.92 Å². The maximum absolute atomic E-state index is 9.78. The standard InChI is InChI=1S/C18H24N4O2/c1-12-3-4-15(13(2)20-12)16-5-8-19-18(21-16)22-9-6-14(7-10-22)17(24)11-23/h3-5,8,14,17,23-24H,6-7,9-11H2,1-2H3. The Hall–Kier alpha value is -2.05. The monoisotopic (exact) mass is 328 g/mol. The summed E-state index contributed by atoms with van der Waals surface area (Å²) in [6.07, 6.45) is 2.83. The van der Waals surface area contributed by atoms with Gasteiger partial charge in [-0.15, -0.1) is 0 Å². The predicted molar refractivity (Wildman–Crippen MR) is 92.8 cm³/mol. The molecule has 0 radical (unpaired) electrons. The molecule has 2 aromatic rings. The topological polar surface area (TPSA) is 82.4 Å². The van der Waals surface area contributed by atoms with Crippen molar-refractivity contribution in [3.05, 3.63) is 35.8 Å². The Morgan fingerprint density at radius 1 is 1.17 bits per heavy atom. The minimum Gasteiger partial charge on any atom is -0.394 e. The highest BCUT2D eigenvalue weighted by Gasteiger charge is 2.26. The van der Waals surface area contributed by atoms with Crippen molar-refractivity contribution in [1.29, 1.82) is 0 Å². The summed E-state index contributed by atoms with van der Waals surface area (Å²) >= 11 is 0. The van der Waals surface area contributed by atoms with Gasteiger partial charge in [0.2, 0.25) is 5.95 Å². The molecule has 1 fully saturated rings. The second-order valence-corrected chi connectivity index (χ2v) is 6.40. The largest absolute Gasteiger partial charge is 0.394 e. The Bertz CT molecular complexity index is 699. The fraction of sp³-hybridized carbons (Fsp3) is 0.500. The van der Waals surface area contributed by atoms with Crippen LogP contribution in [0.15, 0.2) is 24.4 Å². The lowest BCUT2D eigenvalue weighted by Crippen LogP contribution is -2.39. The van der Waals surface area contributed by atoms with Gasteiger partial charge < -0.3 is 15.1 Å². The molecule has 0 amide bonds. The smallest absolute Gasteiger partial charge is 0.225 e. The number of hydrogen-bond acceptors (Lipinski definition) is 6. The summed E-state index contributed by atoms with van der Waals surface area (Å²) < 4.78 is 0. The molecule has 0 aromatic carbocycles. The lowest BCUT2D eigenvalue weighted by Gasteiger charge is -2.33. The molecule has 6 nitrogen and oxygen atoms in total. The van der Waals surface area contributed by atoms with Crippen LogP contribution in [-0.2, 0) is 0 Å². The van der Waals surface area contributed by atoms with Gasteiger partial charge in [0.05, 0.1) is 18.4 Å². The van der Waals surface area contributed by atoms with Crippen LogP contribution in [0, 0.1) is 19.8 Å². The maximum Gasteiger partial charge on any atom is 0.225 e. The number of aliphatic hydroxyl groups is 2. The van der Waals surface area contributed by atoms with Gasteiger partial charge in [0.15, 0.2) is 0 Å². The molecule has 0 spiro atoms. The third kappa shape index (κ3) is 3.55. The first-order chi connectivity index (χ1) is 11.6. The highest BCUT2D eigenvalue weighted by molar-refractivity contribution is 5.62. The average molecular weight is 328 g/mol. The molecule has 2 N–H and O–H groups in total. The summed E-state index contributed by atoms with van der Waals surface area (Å²) in [4.78, 5) is 15.8. The Labute approximate surface area is 142 Å². The number of piperidine rings is 1. The van der Waals surface area contributed by atoms with Crippen LogP contribution in [-0.4, -0.2) is 51.0 Å². The normalized spacial score (nSPS) is 17.1. The Balaban J connectivity index is 1.77. The molecule has 1 atom stereocenters. The fourth-order valence-electron chi connectivity index (χ4n) is 3.24. The van der Waals surface area contributed by atoms with Gasteiger partial charge in [-0.1, -0.05) is 0 Å². The van der Waals surface area contributed by atoms with Gasteiger partial charge in [-0.05, 0) is 50.8 Å². The van der Waals surface area contributed by atoms with Crippen LogP contribution in [0.2, 0.25) is 0 Å². The Morgan fingerprint density at radius 2 is 1.92 bits per heavy atom. The lowest BCUT2D eigenvalue weighted by molar-refractivity contribution is 0.0375. The molecule has 6 heteroatoms. The van der Waals surface area contributed by atoms with Crippen molar-refractivity contribution in [1.82, 2.24) is 15.0 Å².